The van der Waals surface area contributed by atoms with Crippen molar-refractivity contribution in [3.63, 3.8) is 0 Å². The largest absolute Gasteiger partial charge is 0.494 e. The minimum Gasteiger partial charge on any atom is -0.494 e. The Morgan fingerprint density at radius 1 is 0.957 bits per heavy atom. The Morgan fingerprint density at radius 3 is 2.24 bits per heavy atom. The highest BCUT2D eigenvalue weighted by Crippen LogP contribution is 2.55. The number of aliphatic hydroxyl groups is 1. The molecule has 1 aliphatic heterocycles. The van der Waals surface area contributed by atoms with Crippen LogP contribution in [0.25, 0.3) is 10.4 Å². The van der Waals surface area contributed by atoms with Crippen LogP contribution in [0.1, 0.15) is 107 Å². The number of aliphatic hydroxyl groups excluding tert-OH is 1. The summed E-state index contributed by atoms with van der Waals surface area (Å²) in [5, 5.41) is 32.6. The van der Waals surface area contributed by atoms with Gasteiger partial charge in [-0.1, -0.05) is 84.3 Å². The summed E-state index contributed by atoms with van der Waals surface area (Å²) >= 11 is 7.81. The highest BCUT2D eigenvalue weighted by Gasteiger charge is 2.64. The summed E-state index contributed by atoms with van der Waals surface area (Å²) in [4.78, 5) is 61.4. The quantitative estimate of drug-likeness (QED) is 0.0521. The van der Waals surface area contributed by atoms with Crippen LogP contribution in [0.3, 0.4) is 0 Å². The third-order valence-electron chi connectivity index (χ3n) is 13.3. The third kappa shape index (κ3) is 12.8. The Bertz CT molecular complexity index is 2490. The van der Waals surface area contributed by atoms with E-state index in [2.05, 4.69) is 60.0 Å². The van der Waals surface area contributed by atoms with Gasteiger partial charge in [0.25, 0.3) is 5.91 Å². The van der Waals surface area contributed by atoms with Gasteiger partial charge in [-0.15, -0.1) is 11.3 Å². The molecule has 6 rings (SSSR count). The van der Waals surface area contributed by atoms with E-state index in [1.807, 2.05) is 57.5 Å². The summed E-state index contributed by atoms with van der Waals surface area (Å²) in [6.45, 7) is 16.7. The maximum Gasteiger partial charge on any atom is 0.251 e. The number of carbonyl (C=O) groups excluding carboxylic acids is 4. The molecule has 1 saturated heterocycles. The molecule has 4 aromatic rings. The van der Waals surface area contributed by atoms with Gasteiger partial charge in [0.15, 0.2) is 0 Å². The third-order valence-corrected chi connectivity index (χ3v) is 14.6. The van der Waals surface area contributed by atoms with Crippen LogP contribution in [0.4, 0.5) is 0 Å². The van der Waals surface area contributed by atoms with Gasteiger partial charge in [0.2, 0.25) is 17.7 Å². The Hall–Kier alpha value is -5.57. The molecule has 4 atom stereocenters. The first-order valence-corrected chi connectivity index (χ1v) is 25.1. The number of ether oxygens (including phenoxy) is 3. The van der Waals surface area contributed by atoms with Gasteiger partial charge in [0, 0.05) is 54.6 Å². The Balaban J connectivity index is 0.903. The average Bonchev–Trinajstić information content (AvgIpc) is 3.94. The van der Waals surface area contributed by atoms with Gasteiger partial charge in [-0.2, -0.15) is 5.26 Å². The number of likely N-dealkylation sites (tertiary alicyclic amines) is 1. The minimum atomic E-state index is -0.974. The fourth-order valence-corrected chi connectivity index (χ4v) is 10.9. The Morgan fingerprint density at radius 2 is 1.63 bits per heavy atom. The fourth-order valence-electron chi connectivity index (χ4n) is 9.84. The smallest absolute Gasteiger partial charge is 0.251 e. The molecular formula is C53H68ClN7O8S. The van der Waals surface area contributed by atoms with Crippen molar-refractivity contribution >= 4 is 46.6 Å². The van der Waals surface area contributed by atoms with Crippen molar-refractivity contribution in [2.24, 2.45) is 16.2 Å². The van der Waals surface area contributed by atoms with Crippen molar-refractivity contribution < 1.29 is 38.5 Å². The van der Waals surface area contributed by atoms with Crippen molar-refractivity contribution in [1.29, 1.82) is 5.26 Å². The summed E-state index contributed by atoms with van der Waals surface area (Å²) in [6.07, 6.45) is 1.18. The molecule has 70 heavy (non-hydrogen) atoms. The van der Waals surface area contributed by atoms with Crippen molar-refractivity contribution in [2.45, 2.75) is 117 Å². The second-order valence-electron chi connectivity index (χ2n) is 20.6. The summed E-state index contributed by atoms with van der Waals surface area (Å²) in [7, 11) is 1.80. The van der Waals surface area contributed by atoms with Gasteiger partial charge in [-0.3, -0.25) is 19.2 Å². The highest BCUT2D eigenvalue weighted by atomic mass is 35.5. The van der Waals surface area contributed by atoms with Crippen LogP contribution in [0.2, 0.25) is 5.02 Å². The van der Waals surface area contributed by atoms with Crippen LogP contribution >= 0.6 is 22.9 Å². The molecule has 5 N–H and O–H groups in total. The number of thiazole rings is 1. The zero-order chi connectivity index (χ0) is 51.0. The number of aryl methyl sites for hydroxylation is 1. The SMILES string of the molecule is CNC[C@H](NC(=O)[C@@H]1C[C@@H](O)CN1C(=O)C(NC(=O)COCCCCCOc1ccc(C(=O)N[C@H]2C(C)(C)[C@H](Oc3ccc(C#N)c(Cl)c3)C2(C)C)cc1)C(C)(C)C)c1ccc(-c2scnc2C)cc1. The number of likely N-dealkylation sites (N-methyl/N-ethyl adjacent to an activating group) is 1. The maximum absolute atomic E-state index is 14.2. The molecular weight excluding hydrogens is 930 g/mol. The molecule has 4 amide bonds. The molecule has 2 fully saturated rings. The van der Waals surface area contributed by atoms with Crippen molar-refractivity contribution in [1.82, 2.24) is 31.2 Å². The maximum atomic E-state index is 14.2. The Kier molecular flexibility index (Phi) is 17.8. The van der Waals surface area contributed by atoms with E-state index in [9.17, 15) is 29.5 Å². The molecule has 1 unspecified atom stereocenters. The number of aromatic nitrogens is 1. The second kappa shape index (κ2) is 23.1. The molecule has 3 aromatic carbocycles. The number of benzene rings is 3. The molecule has 1 aromatic heterocycles. The molecule has 1 aliphatic carbocycles. The van der Waals surface area contributed by atoms with E-state index < -0.39 is 52.3 Å². The number of hydrogen-bond acceptors (Lipinski definition) is 12. The number of nitrogens with zero attached hydrogens (tertiary/aromatic N) is 3. The van der Waals surface area contributed by atoms with Gasteiger partial charge in [0.1, 0.15) is 42.4 Å². The number of carbonyl (C=O) groups is 4. The van der Waals surface area contributed by atoms with Gasteiger partial charge in [-0.25, -0.2) is 4.98 Å². The first kappa shape index (κ1) is 53.8. The number of rotatable bonds is 21. The van der Waals surface area contributed by atoms with Gasteiger partial charge < -0.3 is 45.5 Å². The number of β-amino-alcohol motifs (C(OH)–C–C–N with tert-alkyl or cyclic N) is 1. The zero-order valence-corrected chi connectivity index (χ0v) is 43.3. The zero-order valence-electron chi connectivity index (χ0n) is 41.7. The predicted molar refractivity (Wildman–Crippen MR) is 271 cm³/mol. The van der Waals surface area contributed by atoms with E-state index >= 15 is 0 Å². The average molecular weight is 999 g/mol. The number of unbranched alkanes of at least 4 members (excludes halogenated alkanes) is 2. The number of amides is 4. The first-order chi connectivity index (χ1) is 33.1. The van der Waals surface area contributed by atoms with Crippen LogP contribution < -0.4 is 30.7 Å². The summed E-state index contributed by atoms with van der Waals surface area (Å²) < 4.78 is 18.0. The highest BCUT2D eigenvalue weighted by molar-refractivity contribution is 7.13. The number of nitrogens with one attached hydrogen (secondary N) is 4. The predicted octanol–water partition coefficient (Wildman–Crippen LogP) is 7.39. The summed E-state index contributed by atoms with van der Waals surface area (Å²) in [5.74, 6) is -0.260. The van der Waals surface area contributed by atoms with Gasteiger partial charge >= 0.3 is 0 Å². The minimum absolute atomic E-state index is 0.0302. The molecule has 0 spiro atoms. The van der Waals surface area contributed by atoms with Crippen LogP contribution in [0, 0.1) is 34.5 Å². The number of nitriles is 1. The molecule has 0 bridgehead atoms. The van der Waals surface area contributed by atoms with Crippen LogP contribution in [0.15, 0.2) is 72.2 Å². The number of hydrogen-bond donors (Lipinski definition) is 5. The summed E-state index contributed by atoms with van der Waals surface area (Å²) in [5.41, 5.74) is 4.09. The van der Waals surface area contributed by atoms with Gasteiger partial charge in [0.05, 0.1) is 45.4 Å². The molecule has 17 heteroatoms. The number of halogens is 1. The van der Waals surface area contributed by atoms with E-state index in [1.165, 1.54) is 4.90 Å². The van der Waals surface area contributed by atoms with E-state index in [0.717, 1.165) is 34.5 Å². The Labute approximate surface area is 421 Å². The fraction of sp³-hybridized carbons (Fsp3) is 0.509. The lowest BCUT2D eigenvalue weighted by Crippen LogP contribution is -2.74. The van der Waals surface area contributed by atoms with Crippen LogP contribution in [0.5, 0.6) is 11.5 Å². The molecule has 0 radical (unpaired) electrons. The molecule has 15 nitrogen and oxygen atoms in total. The molecule has 2 aliphatic rings. The first-order valence-electron chi connectivity index (χ1n) is 23.9. The normalized spacial score (nSPS) is 20.1. The summed E-state index contributed by atoms with van der Waals surface area (Å²) in [6, 6.07) is 19.6. The molecule has 376 valence electrons. The van der Waals surface area contributed by atoms with E-state index in [-0.39, 0.29) is 43.5 Å². The molecule has 2 heterocycles. The van der Waals surface area contributed by atoms with Crippen molar-refractivity contribution in [2.75, 3.05) is 40.0 Å². The topological polar surface area (TPSA) is 204 Å². The lowest BCUT2D eigenvalue weighted by molar-refractivity contribution is -0.164. The van der Waals surface area contributed by atoms with Gasteiger partial charge in [-0.05, 0) is 86.2 Å². The standard InChI is InChI=1S/C53H68ClN7O8S/c1-32-44(70-31-57-32)34-15-13-33(14-16-34)41(28-56-9)58-47(65)42-25-37(62)29-61(42)48(66)45(51(2,3)4)59-43(63)30-67-23-11-10-12-24-68-38-20-17-35(18-21-38)46(64)60-49-52(5,6)50(53(49,7)8)69-39-22-19-36(27-55)40(54)26-39/h13-22,26,31,37,41-42,45,49-50,56,62H,10-12,23-25,28-30H2,1-9H3,(H,58,65)(H,59,63)(H,60,64)/t37-,41+,42+,45?,49-,50-/m1/s1. The second-order valence-corrected chi connectivity index (χ2v) is 21.8. The lowest BCUT2D eigenvalue weighted by Gasteiger charge is -2.63. The van der Waals surface area contributed by atoms with E-state index in [4.69, 9.17) is 25.8 Å². The lowest BCUT2D eigenvalue weighted by atomic mass is 9.49. The molecule has 1 saturated carbocycles. The van der Waals surface area contributed by atoms with Crippen LogP contribution in [-0.4, -0.2) is 109 Å². The van der Waals surface area contributed by atoms with E-state index in [1.54, 1.807) is 60.8 Å². The van der Waals surface area contributed by atoms with Crippen LogP contribution in [-0.2, 0) is 19.1 Å². The monoisotopic (exact) mass is 997 g/mol. The van der Waals surface area contributed by atoms with Crippen molar-refractivity contribution in [3.05, 3.63) is 99.6 Å². The van der Waals surface area contributed by atoms with E-state index in [0.29, 0.717) is 53.8 Å². The van der Waals surface area contributed by atoms with Crippen molar-refractivity contribution in [3.8, 4) is 28.0 Å².